The predicted molar refractivity (Wildman–Crippen MR) is 76.4 cm³/mol. The number of rotatable bonds is 6. The molecule has 0 atom stereocenters. The zero-order chi connectivity index (χ0) is 15.2. The summed E-state index contributed by atoms with van der Waals surface area (Å²) < 4.78 is 18.2. The lowest BCUT2D eigenvalue weighted by Crippen LogP contribution is -2.15. The highest BCUT2D eigenvalue weighted by Gasteiger charge is 2.13. The van der Waals surface area contributed by atoms with E-state index < -0.39 is 11.8 Å². The number of hydrogen-bond acceptors (Lipinski definition) is 4. The molecule has 1 heterocycles. The Bertz CT molecular complexity index is 656. The Morgan fingerprint density at radius 2 is 2.14 bits per heavy atom. The van der Waals surface area contributed by atoms with Gasteiger partial charge in [0.2, 0.25) is 5.91 Å². The summed E-state index contributed by atoms with van der Waals surface area (Å²) >= 11 is 1.05. The van der Waals surface area contributed by atoms with Crippen molar-refractivity contribution in [2.75, 3.05) is 11.9 Å². The van der Waals surface area contributed by atoms with Gasteiger partial charge in [0, 0.05) is 5.69 Å². The van der Waals surface area contributed by atoms with Crippen LogP contribution in [0.2, 0.25) is 0 Å². The van der Waals surface area contributed by atoms with Gasteiger partial charge >= 0.3 is 5.97 Å². The first kappa shape index (κ1) is 15.0. The standard InChI is InChI=1S/C14H12FNO4S/c15-9-2-1-3-10(8-9)16-12(17)4-6-20-11-5-7-21-13(11)14(18)19/h1-3,5,7-8H,4,6H2,(H,16,17)(H,18,19). The maximum absolute atomic E-state index is 12.9. The minimum atomic E-state index is -1.07. The van der Waals surface area contributed by atoms with Crippen LogP contribution in [-0.4, -0.2) is 23.6 Å². The zero-order valence-corrected chi connectivity index (χ0v) is 11.7. The van der Waals surface area contributed by atoms with E-state index in [1.165, 1.54) is 18.2 Å². The van der Waals surface area contributed by atoms with E-state index in [4.69, 9.17) is 9.84 Å². The third kappa shape index (κ3) is 4.28. The van der Waals surface area contributed by atoms with Crippen molar-refractivity contribution in [2.45, 2.75) is 6.42 Å². The van der Waals surface area contributed by atoms with Crippen LogP contribution in [0, 0.1) is 5.82 Å². The Balaban J connectivity index is 1.82. The fraction of sp³-hybridized carbons (Fsp3) is 0.143. The van der Waals surface area contributed by atoms with Gasteiger partial charge in [-0.1, -0.05) is 6.07 Å². The molecular formula is C14H12FNO4S. The molecule has 1 aromatic carbocycles. The van der Waals surface area contributed by atoms with Crippen LogP contribution in [0.5, 0.6) is 5.75 Å². The van der Waals surface area contributed by atoms with E-state index in [-0.39, 0.29) is 29.6 Å². The van der Waals surface area contributed by atoms with Crippen molar-refractivity contribution in [3.8, 4) is 5.75 Å². The molecular weight excluding hydrogens is 297 g/mol. The van der Waals surface area contributed by atoms with E-state index in [1.54, 1.807) is 17.5 Å². The molecule has 110 valence electrons. The van der Waals surface area contributed by atoms with Gasteiger partial charge in [-0.25, -0.2) is 9.18 Å². The van der Waals surface area contributed by atoms with Gasteiger partial charge in [-0.05, 0) is 29.6 Å². The first-order valence-electron chi connectivity index (χ1n) is 6.05. The topological polar surface area (TPSA) is 75.6 Å². The van der Waals surface area contributed by atoms with Crippen molar-refractivity contribution in [1.82, 2.24) is 0 Å². The van der Waals surface area contributed by atoms with Gasteiger partial charge in [0.05, 0.1) is 13.0 Å². The quantitative estimate of drug-likeness (QED) is 0.860. The van der Waals surface area contributed by atoms with Crippen molar-refractivity contribution in [3.05, 3.63) is 46.4 Å². The molecule has 0 aliphatic rings. The Morgan fingerprint density at radius 3 is 2.86 bits per heavy atom. The maximum atomic E-state index is 12.9. The maximum Gasteiger partial charge on any atom is 0.349 e. The average Bonchev–Trinajstić information content (AvgIpc) is 2.87. The average molecular weight is 309 g/mol. The van der Waals surface area contributed by atoms with Gasteiger partial charge in [0.15, 0.2) is 4.88 Å². The van der Waals surface area contributed by atoms with E-state index in [9.17, 15) is 14.0 Å². The molecule has 0 bridgehead atoms. The summed E-state index contributed by atoms with van der Waals surface area (Å²) in [7, 11) is 0. The molecule has 1 amide bonds. The second kappa shape index (κ2) is 6.85. The van der Waals surface area contributed by atoms with Gasteiger partial charge in [-0.2, -0.15) is 0 Å². The fourth-order valence-corrected chi connectivity index (χ4v) is 2.28. The summed E-state index contributed by atoms with van der Waals surface area (Å²) in [6, 6.07) is 7.09. The molecule has 5 nitrogen and oxygen atoms in total. The molecule has 0 radical (unpaired) electrons. The SMILES string of the molecule is O=C(CCOc1ccsc1C(=O)O)Nc1cccc(F)c1. The Hall–Kier alpha value is -2.41. The van der Waals surface area contributed by atoms with E-state index in [0.717, 1.165) is 11.3 Å². The molecule has 0 saturated carbocycles. The highest BCUT2D eigenvalue weighted by Crippen LogP contribution is 2.24. The number of aromatic carboxylic acids is 1. The van der Waals surface area contributed by atoms with Gasteiger partial charge in [0.25, 0.3) is 0 Å². The van der Waals surface area contributed by atoms with E-state index in [0.29, 0.717) is 5.69 Å². The van der Waals surface area contributed by atoms with E-state index >= 15 is 0 Å². The highest BCUT2D eigenvalue weighted by molar-refractivity contribution is 7.12. The number of anilines is 1. The Labute approximate surface area is 124 Å². The van der Waals surface area contributed by atoms with Crippen LogP contribution >= 0.6 is 11.3 Å². The number of hydrogen-bond donors (Lipinski definition) is 2. The summed E-state index contributed by atoms with van der Waals surface area (Å²) in [5.41, 5.74) is 0.363. The van der Waals surface area contributed by atoms with Crippen LogP contribution in [0.25, 0.3) is 0 Å². The lowest BCUT2D eigenvalue weighted by atomic mass is 10.3. The number of carboxylic acid groups (broad SMARTS) is 1. The number of ether oxygens (including phenoxy) is 1. The number of thiophene rings is 1. The van der Waals surface area contributed by atoms with Crippen LogP contribution in [0.15, 0.2) is 35.7 Å². The number of carbonyl (C=O) groups is 2. The van der Waals surface area contributed by atoms with Gasteiger partial charge in [0.1, 0.15) is 11.6 Å². The molecule has 7 heteroatoms. The van der Waals surface area contributed by atoms with Crippen molar-refractivity contribution < 1.29 is 23.8 Å². The molecule has 0 aliphatic heterocycles. The number of carboxylic acids is 1. The fourth-order valence-electron chi connectivity index (χ4n) is 1.61. The second-order valence-electron chi connectivity index (χ2n) is 4.08. The molecule has 0 spiro atoms. The molecule has 0 fully saturated rings. The second-order valence-corrected chi connectivity index (χ2v) is 4.99. The summed E-state index contributed by atoms with van der Waals surface area (Å²) in [4.78, 5) is 22.6. The summed E-state index contributed by atoms with van der Waals surface area (Å²) in [6.07, 6.45) is 0.0332. The van der Waals surface area contributed by atoms with Crippen molar-refractivity contribution >= 4 is 28.9 Å². The lowest BCUT2D eigenvalue weighted by Gasteiger charge is -2.07. The molecule has 0 aliphatic carbocycles. The molecule has 2 aromatic rings. The largest absolute Gasteiger partial charge is 0.491 e. The monoisotopic (exact) mass is 309 g/mol. The number of benzene rings is 1. The van der Waals surface area contributed by atoms with E-state index in [2.05, 4.69) is 5.32 Å². The van der Waals surface area contributed by atoms with Crippen LogP contribution in [-0.2, 0) is 4.79 Å². The zero-order valence-electron chi connectivity index (χ0n) is 10.8. The minimum absolute atomic E-state index is 0.0332. The number of halogens is 1. The van der Waals surface area contributed by atoms with Gasteiger partial charge in [-0.3, -0.25) is 4.79 Å². The first-order valence-corrected chi connectivity index (χ1v) is 6.93. The summed E-state index contributed by atoms with van der Waals surface area (Å²) in [5.74, 6) is -1.60. The molecule has 0 unspecified atom stereocenters. The molecule has 21 heavy (non-hydrogen) atoms. The van der Waals surface area contributed by atoms with Gasteiger partial charge in [-0.15, -0.1) is 11.3 Å². The Morgan fingerprint density at radius 1 is 1.33 bits per heavy atom. The van der Waals surface area contributed by atoms with Crippen molar-refractivity contribution in [1.29, 1.82) is 0 Å². The first-order chi connectivity index (χ1) is 10.1. The van der Waals surface area contributed by atoms with Crippen molar-refractivity contribution in [3.63, 3.8) is 0 Å². The van der Waals surface area contributed by atoms with Crippen molar-refractivity contribution in [2.24, 2.45) is 0 Å². The smallest absolute Gasteiger partial charge is 0.349 e. The molecule has 1 aromatic heterocycles. The number of nitrogens with one attached hydrogen (secondary N) is 1. The molecule has 0 saturated heterocycles. The van der Waals surface area contributed by atoms with Crippen LogP contribution < -0.4 is 10.1 Å². The molecule has 2 rings (SSSR count). The normalized spacial score (nSPS) is 10.1. The van der Waals surface area contributed by atoms with Crippen LogP contribution in [0.3, 0.4) is 0 Å². The Kier molecular flexibility index (Phi) is 4.89. The minimum Gasteiger partial charge on any atom is -0.491 e. The van der Waals surface area contributed by atoms with Crippen LogP contribution in [0.1, 0.15) is 16.1 Å². The summed E-state index contributed by atoms with van der Waals surface area (Å²) in [5, 5.41) is 13.0. The van der Waals surface area contributed by atoms with Gasteiger partial charge < -0.3 is 15.2 Å². The van der Waals surface area contributed by atoms with E-state index in [1.807, 2.05) is 0 Å². The molecule has 2 N–H and O–H groups in total. The third-order valence-corrected chi connectivity index (χ3v) is 3.40. The lowest BCUT2D eigenvalue weighted by molar-refractivity contribution is -0.116. The highest BCUT2D eigenvalue weighted by atomic mass is 32.1. The number of amides is 1. The van der Waals surface area contributed by atoms with Crippen LogP contribution in [0.4, 0.5) is 10.1 Å². The summed E-state index contributed by atoms with van der Waals surface area (Å²) in [6.45, 7) is 0.0398. The predicted octanol–water partition coefficient (Wildman–Crippen LogP) is 2.99. The number of carbonyl (C=O) groups excluding carboxylic acids is 1. The third-order valence-electron chi connectivity index (χ3n) is 2.52.